The van der Waals surface area contributed by atoms with Gasteiger partial charge in [0.05, 0.1) is 22.5 Å². The van der Waals surface area contributed by atoms with E-state index < -0.39 is 0 Å². The van der Waals surface area contributed by atoms with E-state index in [1.807, 2.05) is 57.2 Å². The van der Waals surface area contributed by atoms with Crippen molar-refractivity contribution in [1.82, 2.24) is 0 Å². The van der Waals surface area contributed by atoms with E-state index in [2.05, 4.69) is 0 Å². The first-order valence-electron chi connectivity index (χ1n) is 10.4. The number of hydrogen-bond acceptors (Lipinski definition) is 3. The summed E-state index contributed by atoms with van der Waals surface area (Å²) in [6.45, 7) is 6.41. The molecule has 0 saturated heterocycles. The van der Waals surface area contributed by atoms with Gasteiger partial charge in [0.2, 0.25) is 0 Å². The molecule has 0 bridgehead atoms. The monoisotopic (exact) mass is 410 g/mol. The van der Waals surface area contributed by atoms with Gasteiger partial charge in [0.25, 0.3) is 17.7 Å². The smallest absolute Gasteiger partial charge is 0.266 e. The van der Waals surface area contributed by atoms with Crippen LogP contribution in [0.4, 0.5) is 11.4 Å². The summed E-state index contributed by atoms with van der Waals surface area (Å²) in [6.07, 6.45) is 0.811. The first-order chi connectivity index (χ1) is 14.9. The van der Waals surface area contributed by atoms with Gasteiger partial charge in [0.1, 0.15) is 0 Å². The van der Waals surface area contributed by atoms with Gasteiger partial charge in [-0.1, -0.05) is 30.3 Å². The van der Waals surface area contributed by atoms with Crippen LogP contribution in [-0.4, -0.2) is 24.3 Å². The minimum Gasteiger partial charge on any atom is -0.307 e. The van der Waals surface area contributed by atoms with Crippen LogP contribution in [0.15, 0.2) is 54.6 Å². The highest BCUT2D eigenvalue weighted by molar-refractivity contribution is 6.35. The Balaban J connectivity index is 1.52. The van der Waals surface area contributed by atoms with Crippen LogP contribution in [0.1, 0.15) is 53.3 Å². The van der Waals surface area contributed by atoms with Gasteiger partial charge in [-0.15, -0.1) is 0 Å². The van der Waals surface area contributed by atoms with Crippen molar-refractivity contribution in [3.63, 3.8) is 0 Å². The lowest BCUT2D eigenvalue weighted by Crippen LogP contribution is -2.30. The highest BCUT2D eigenvalue weighted by Gasteiger charge is 2.38. The van der Waals surface area contributed by atoms with Gasteiger partial charge in [-0.25, -0.2) is 4.90 Å². The van der Waals surface area contributed by atoms with Gasteiger partial charge in [0, 0.05) is 12.1 Å². The fourth-order valence-electron chi connectivity index (χ4n) is 4.56. The van der Waals surface area contributed by atoms with E-state index >= 15 is 0 Å². The molecule has 0 spiro atoms. The van der Waals surface area contributed by atoms with Crippen molar-refractivity contribution in [3.05, 3.63) is 93.5 Å². The Kier molecular flexibility index (Phi) is 4.29. The molecule has 0 aliphatic carbocycles. The van der Waals surface area contributed by atoms with Gasteiger partial charge in [0.15, 0.2) is 0 Å². The van der Waals surface area contributed by atoms with Gasteiger partial charge in [-0.2, -0.15) is 0 Å². The molecule has 0 atom stereocenters. The van der Waals surface area contributed by atoms with Crippen LogP contribution in [0.25, 0.3) is 0 Å². The average molecular weight is 410 g/mol. The molecular formula is C26H22N2O3. The maximum atomic E-state index is 13.3. The largest absolute Gasteiger partial charge is 0.307 e. The molecule has 3 aromatic rings. The minimum atomic E-state index is -0.388. The second-order valence-electron chi connectivity index (χ2n) is 8.29. The van der Waals surface area contributed by atoms with Crippen molar-refractivity contribution < 1.29 is 14.4 Å². The number of aryl methyl sites for hydroxylation is 3. The number of anilines is 2. The summed E-state index contributed by atoms with van der Waals surface area (Å²) in [4.78, 5) is 42.5. The quantitative estimate of drug-likeness (QED) is 0.580. The highest BCUT2D eigenvalue weighted by atomic mass is 16.2. The minimum absolute atomic E-state index is 0.152. The Morgan fingerprint density at radius 3 is 2.42 bits per heavy atom. The van der Waals surface area contributed by atoms with Gasteiger partial charge in [-0.05, 0) is 73.7 Å². The fraction of sp³-hybridized carbons (Fsp3) is 0.192. The number of benzene rings is 3. The van der Waals surface area contributed by atoms with E-state index in [0.29, 0.717) is 23.4 Å². The summed E-state index contributed by atoms with van der Waals surface area (Å²) < 4.78 is 0. The molecule has 0 N–H and O–H groups in total. The number of carbonyl (C=O) groups is 3. The second-order valence-corrected chi connectivity index (χ2v) is 8.29. The lowest BCUT2D eigenvalue weighted by molar-refractivity contribution is 0.0925. The number of imide groups is 1. The van der Waals surface area contributed by atoms with Gasteiger partial charge in [-0.3, -0.25) is 14.4 Å². The molecule has 0 saturated carbocycles. The van der Waals surface area contributed by atoms with Crippen LogP contribution in [0.5, 0.6) is 0 Å². The lowest BCUT2D eigenvalue weighted by Gasteiger charge is -2.19. The van der Waals surface area contributed by atoms with Crippen LogP contribution >= 0.6 is 0 Å². The summed E-state index contributed by atoms with van der Waals surface area (Å²) in [5, 5.41) is 0. The number of carbonyl (C=O) groups excluding carboxylic acids is 3. The summed E-state index contributed by atoms with van der Waals surface area (Å²) in [5.74, 6) is -0.891. The summed E-state index contributed by atoms with van der Waals surface area (Å²) >= 11 is 0. The molecule has 3 amide bonds. The molecule has 0 fully saturated rings. The Labute approximate surface area is 180 Å². The van der Waals surface area contributed by atoms with E-state index in [1.165, 1.54) is 4.90 Å². The Morgan fingerprint density at radius 2 is 1.61 bits per heavy atom. The van der Waals surface area contributed by atoms with Crippen LogP contribution < -0.4 is 9.80 Å². The van der Waals surface area contributed by atoms with Crippen LogP contribution in [0.2, 0.25) is 0 Å². The number of para-hydroxylation sites is 1. The number of hydrogen-bond donors (Lipinski definition) is 0. The Bertz CT molecular complexity index is 1290. The first kappa shape index (κ1) is 19.2. The van der Waals surface area contributed by atoms with Crippen molar-refractivity contribution in [2.24, 2.45) is 0 Å². The van der Waals surface area contributed by atoms with E-state index in [4.69, 9.17) is 0 Å². The molecule has 0 radical (unpaired) electrons. The van der Waals surface area contributed by atoms with Gasteiger partial charge < -0.3 is 4.90 Å². The molecule has 2 aliphatic heterocycles. The Morgan fingerprint density at radius 1 is 0.839 bits per heavy atom. The molecule has 2 heterocycles. The topological polar surface area (TPSA) is 57.7 Å². The van der Waals surface area contributed by atoms with Crippen LogP contribution in [-0.2, 0) is 6.42 Å². The molecule has 0 aromatic heterocycles. The number of rotatable bonds is 2. The SMILES string of the molecule is Cc1ccc(C)c(N2C(=O)c3ccc(C(=O)N4CCc5cccc(C)c54)cc3C2=O)c1. The molecule has 31 heavy (non-hydrogen) atoms. The first-order valence-corrected chi connectivity index (χ1v) is 10.4. The molecule has 3 aromatic carbocycles. The van der Waals surface area contributed by atoms with Crippen molar-refractivity contribution in [3.8, 4) is 0 Å². The zero-order valence-electron chi connectivity index (χ0n) is 17.7. The summed E-state index contributed by atoms with van der Waals surface area (Å²) in [7, 11) is 0. The maximum absolute atomic E-state index is 13.3. The Hall–Kier alpha value is -3.73. The second kappa shape index (κ2) is 6.91. The summed E-state index contributed by atoms with van der Waals surface area (Å²) in [5.41, 5.74) is 6.59. The number of nitrogens with zero attached hydrogens (tertiary/aromatic N) is 2. The normalized spacial score (nSPS) is 14.8. The van der Waals surface area contributed by atoms with Crippen LogP contribution in [0, 0.1) is 20.8 Å². The van der Waals surface area contributed by atoms with Crippen molar-refractivity contribution >= 4 is 29.1 Å². The lowest BCUT2D eigenvalue weighted by atomic mass is 10.0. The molecule has 0 unspecified atom stereocenters. The fourth-order valence-corrected chi connectivity index (χ4v) is 4.56. The van der Waals surface area contributed by atoms with E-state index in [9.17, 15) is 14.4 Å². The highest BCUT2D eigenvalue weighted by Crippen LogP contribution is 2.35. The van der Waals surface area contributed by atoms with E-state index in [0.717, 1.165) is 34.4 Å². The zero-order chi connectivity index (χ0) is 21.9. The molecule has 5 nitrogen and oxygen atoms in total. The molecule has 154 valence electrons. The molecule has 5 heteroatoms. The van der Waals surface area contributed by atoms with Crippen LogP contribution in [0.3, 0.4) is 0 Å². The maximum Gasteiger partial charge on any atom is 0.266 e. The number of fused-ring (bicyclic) bond motifs is 2. The van der Waals surface area contributed by atoms with Crippen molar-refractivity contribution in [2.75, 3.05) is 16.3 Å². The molecular weight excluding hydrogens is 388 g/mol. The predicted octanol–water partition coefficient (Wildman–Crippen LogP) is 4.62. The van der Waals surface area contributed by atoms with Crippen molar-refractivity contribution in [2.45, 2.75) is 27.2 Å². The molecule has 5 rings (SSSR count). The standard InChI is InChI=1S/C26H22N2O3/c1-15-7-8-16(2)22(13-15)28-25(30)20-10-9-19(14-21(20)26(28)31)24(29)27-12-11-18-6-4-5-17(3)23(18)27/h4-10,13-14H,11-12H2,1-3H3. The zero-order valence-corrected chi connectivity index (χ0v) is 17.7. The predicted molar refractivity (Wildman–Crippen MR) is 120 cm³/mol. The third-order valence-electron chi connectivity index (χ3n) is 6.18. The number of amides is 3. The van der Waals surface area contributed by atoms with E-state index in [1.54, 1.807) is 23.1 Å². The third-order valence-corrected chi connectivity index (χ3v) is 6.18. The third kappa shape index (κ3) is 2.88. The molecule has 2 aliphatic rings. The van der Waals surface area contributed by atoms with E-state index in [-0.39, 0.29) is 23.3 Å². The average Bonchev–Trinajstić information content (AvgIpc) is 3.30. The van der Waals surface area contributed by atoms with Gasteiger partial charge >= 0.3 is 0 Å². The van der Waals surface area contributed by atoms with Crippen molar-refractivity contribution in [1.29, 1.82) is 0 Å². The summed E-state index contributed by atoms with van der Waals surface area (Å²) in [6, 6.07) is 16.5.